The minimum Gasteiger partial charge on any atom is -0.478 e. The first kappa shape index (κ1) is 14.8. The van der Waals surface area contributed by atoms with E-state index in [1.54, 1.807) is 0 Å². The van der Waals surface area contributed by atoms with Crippen molar-refractivity contribution in [3.63, 3.8) is 0 Å². The van der Waals surface area contributed by atoms with Crippen LogP contribution in [0.4, 0.5) is 0 Å². The number of thiophene rings is 1. The van der Waals surface area contributed by atoms with Gasteiger partial charge in [0.2, 0.25) is 0 Å². The highest BCUT2D eigenvalue weighted by atomic mass is 79.9. The largest absolute Gasteiger partial charge is 0.478 e. The third kappa shape index (κ3) is 3.22. The van der Waals surface area contributed by atoms with Gasteiger partial charge in [-0.15, -0.1) is 11.3 Å². The summed E-state index contributed by atoms with van der Waals surface area (Å²) in [5, 5.41) is 12.1. The van der Waals surface area contributed by atoms with Gasteiger partial charge in [-0.05, 0) is 23.3 Å². The molecular formula is C18H12BrNOS. The molecule has 0 saturated carbocycles. The molecule has 0 aliphatic heterocycles. The number of hydrogen-bond acceptors (Lipinski definition) is 3. The van der Waals surface area contributed by atoms with Gasteiger partial charge in [-0.1, -0.05) is 58.4 Å². The van der Waals surface area contributed by atoms with Gasteiger partial charge in [0.05, 0.1) is 0 Å². The fraction of sp³-hybridized carbons (Fsp3) is 0.0556. The summed E-state index contributed by atoms with van der Waals surface area (Å²) in [6, 6.07) is 20.1. The third-order valence-electron chi connectivity index (χ3n) is 3.24. The number of halogens is 1. The lowest BCUT2D eigenvalue weighted by atomic mass is 10.1. The maximum absolute atomic E-state index is 9.45. The number of ether oxygens (including phenoxy) is 1. The molecule has 0 amide bonds. The molecule has 1 heterocycles. The average molecular weight is 370 g/mol. The number of hydrogen-bond donors (Lipinski definition) is 0. The summed E-state index contributed by atoms with van der Waals surface area (Å²) in [7, 11) is 0. The molecule has 0 radical (unpaired) electrons. The molecule has 0 saturated heterocycles. The maximum atomic E-state index is 9.45. The molecule has 0 unspecified atom stereocenters. The van der Waals surface area contributed by atoms with Crippen LogP contribution >= 0.6 is 27.3 Å². The van der Waals surface area contributed by atoms with E-state index in [0.29, 0.717) is 17.2 Å². The van der Waals surface area contributed by atoms with Crippen molar-refractivity contribution < 1.29 is 4.74 Å². The van der Waals surface area contributed by atoms with E-state index >= 15 is 0 Å². The van der Waals surface area contributed by atoms with Crippen molar-refractivity contribution in [2.75, 3.05) is 0 Å². The van der Waals surface area contributed by atoms with Crippen molar-refractivity contribution in [3.05, 3.63) is 75.6 Å². The molecule has 0 fully saturated rings. The number of rotatable bonds is 4. The van der Waals surface area contributed by atoms with Crippen LogP contribution in [0.2, 0.25) is 0 Å². The Kier molecular flexibility index (Phi) is 4.57. The highest BCUT2D eigenvalue weighted by molar-refractivity contribution is 9.10. The van der Waals surface area contributed by atoms with E-state index in [2.05, 4.69) is 22.0 Å². The Balaban J connectivity index is 1.82. The van der Waals surface area contributed by atoms with Crippen molar-refractivity contribution >= 4 is 27.3 Å². The van der Waals surface area contributed by atoms with Gasteiger partial charge in [-0.25, -0.2) is 0 Å². The van der Waals surface area contributed by atoms with Crippen molar-refractivity contribution in [1.29, 1.82) is 5.26 Å². The van der Waals surface area contributed by atoms with Gasteiger partial charge in [0.15, 0.2) is 5.06 Å². The molecular weight excluding hydrogens is 358 g/mol. The summed E-state index contributed by atoms with van der Waals surface area (Å²) in [5.74, 6) is 0. The molecule has 2 nitrogen and oxygen atoms in total. The summed E-state index contributed by atoms with van der Waals surface area (Å²) in [6.07, 6.45) is 0. The predicted octanol–water partition coefficient (Wildman–Crippen LogP) is 5.63. The van der Waals surface area contributed by atoms with Crippen LogP contribution in [-0.4, -0.2) is 0 Å². The first-order chi connectivity index (χ1) is 10.8. The lowest BCUT2D eigenvalue weighted by Gasteiger charge is -2.05. The highest BCUT2D eigenvalue weighted by Gasteiger charge is 2.14. The number of nitrogens with zero attached hydrogens (tertiary/aromatic N) is 1. The smallest absolute Gasteiger partial charge is 0.192 e. The molecule has 0 bridgehead atoms. The van der Waals surface area contributed by atoms with Crippen LogP contribution in [0.3, 0.4) is 0 Å². The molecule has 22 heavy (non-hydrogen) atoms. The van der Waals surface area contributed by atoms with Crippen LogP contribution in [0.1, 0.15) is 11.1 Å². The van der Waals surface area contributed by atoms with E-state index in [9.17, 15) is 5.26 Å². The van der Waals surface area contributed by atoms with Crippen LogP contribution in [0.15, 0.2) is 64.5 Å². The predicted molar refractivity (Wildman–Crippen MR) is 92.9 cm³/mol. The zero-order valence-electron chi connectivity index (χ0n) is 11.6. The topological polar surface area (TPSA) is 33.0 Å². The van der Waals surface area contributed by atoms with Gasteiger partial charge in [0.25, 0.3) is 0 Å². The van der Waals surface area contributed by atoms with Gasteiger partial charge >= 0.3 is 0 Å². The molecule has 0 spiro atoms. The van der Waals surface area contributed by atoms with E-state index in [-0.39, 0.29) is 0 Å². The van der Waals surface area contributed by atoms with Gasteiger partial charge < -0.3 is 4.74 Å². The molecule has 3 aromatic rings. The summed E-state index contributed by atoms with van der Waals surface area (Å²) < 4.78 is 6.88. The SMILES string of the molecule is N#Cc1c(-c2ccccc2)csc1OCc1ccc(Br)cc1. The van der Waals surface area contributed by atoms with E-state index in [1.165, 1.54) is 11.3 Å². The third-order valence-corrected chi connectivity index (χ3v) is 4.66. The Morgan fingerprint density at radius 2 is 1.77 bits per heavy atom. The molecule has 0 aliphatic rings. The van der Waals surface area contributed by atoms with Crippen LogP contribution in [0, 0.1) is 11.3 Å². The fourth-order valence-corrected chi connectivity index (χ4v) is 3.26. The molecule has 0 atom stereocenters. The molecule has 0 N–H and O–H groups in total. The van der Waals surface area contributed by atoms with E-state index < -0.39 is 0 Å². The summed E-state index contributed by atoms with van der Waals surface area (Å²) in [4.78, 5) is 0. The average Bonchev–Trinajstić information content (AvgIpc) is 2.98. The Morgan fingerprint density at radius 1 is 1.05 bits per heavy atom. The first-order valence-electron chi connectivity index (χ1n) is 6.72. The summed E-state index contributed by atoms with van der Waals surface area (Å²) >= 11 is 4.88. The minimum absolute atomic E-state index is 0.455. The number of benzene rings is 2. The second kappa shape index (κ2) is 6.78. The molecule has 2 aromatic carbocycles. The van der Waals surface area contributed by atoms with Gasteiger partial charge in [-0.3, -0.25) is 0 Å². The van der Waals surface area contributed by atoms with Gasteiger partial charge in [0.1, 0.15) is 18.2 Å². The van der Waals surface area contributed by atoms with E-state index in [1.807, 2.05) is 60.0 Å². The molecule has 3 rings (SSSR count). The zero-order valence-corrected chi connectivity index (χ0v) is 14.0. The van der Waals surface area contributed by atoms with Gasteiger partial charge in [0, 0.05) is 15.4 Å². The van der Waals surface area contributed by atoms with Gasteiger partial charge in [-0.2, -0.15) is 5.26 Å². The Morgan fingerprint density at radius 3 is 2.45 bits per heavy atom. The van der Waals surface area contributed by atoms with E-state index in [4.69, 9.17) is 4.74 Å². The molecule has 0 aliphatic carbocycles. The fourth-order valence-electron chi connectivity index (χ4n) is 2.11. The molecule has 4 heteroatoms. The van der Waals surface area contributed by atoms with Crippen LogP contribution in [-0.2, 0) is 6.61 Å². The normalized spacial score (nSPS) is 10.2. The minimum atomic E-state index is 0.455. The molecule has 1 aromatic heterocycles. The Hall–Kier alpha value is -2.09. The quantitative estimate of drug-likeness (QED) is 0.596. The van der Waals surface area contributed by atoms with Crippen molar-refractivity contribution in [2.24, 2.45) is 0 Å². The lowest BCUT2D eigenvalue weighted by molar-refractivity contribution is 0.315. The van der Waals surface area contributed by atoms with Crippen molar-refractivity contribution in [3.8, 4) is 22.3 Å². The number of nitriles is 1. The summed E-state index contributed by atoms with van der Waals surface area (Å²) in [5.41, 5.74) is 3.64. The molecule has 108 valence electrons. The second-order valence-corrected chi connectivity index (χ2v) is 6.46. The van der Waals surface area contributed by atoms with Crippen LogP contribution in [0.5, 0.6) is 5.06 Å². The standard InChI is InChI=1S/C18H12BrNOS/c19-15-8-6-13(7-9-15)11-21-18-16(10-20)17(12-22-18)14-4-2-1-3-5-14/h1-9,12H,11H2. The maximum Gasteiger partial charge on any atom is 0.192 e. The van der Waals surface area contributed by atoms with Crippen LogP contribution in [0.25, 0.3) is 11.1 Å². The second-order valence-electron chi connectivity index (χ2n) is 4.70. The monoisotopic (exact) mass is 369 g/mol. The lowest BCUT2D eigenvalue weighted by Crippen LogP contribution is -1.95. The zero-order chi connectivity index (χ0) is 15.4. The Bertz CT molecular complexity index is 803. The Labute approximate surface area is 141 Å². The summed E-state index contributed by atoms with van der Waals surface area (Å²) in [6.45, 7) is 0.455. The van der Waals surface area contributed by atoms with E-state index in [0.717, 1.165) is 21.2 Å². The first-order valence-corrected chi connectivity index (χ1v) is 8.39. The van der Waals surface area contributed by atoms with Crippen molar-refractivity contribution in [1.82, 2.24) is 0 Å². The van der Waals surface area contributed by atoms with Crippen LogP contribution < -0.4 is 4.74 Å². The van der Waals surface area contributed by atoms with Crippen molar-refractivity contribution in [2.45, 2.75) is 6.61 Å². The highest BCUT2D eigenvalue weighted by Crippen LogP contribution is 2.37.